The molecule has 0 saturated carbocycles. The van der Waals surface area contributed by atoms with E-state index >= 15 is 0 Å². The smallest absolute Gasteiger partial charge is 0.253 e. The predicted molar refractivity (Wildman–Crippen MR) is 106 cm³/mol. The fourth-order valence-electron chi connectivity index (χ4n) is 4.14. The van der Waals surface area contributed by atoms with Crippen molar-refractivity contribution in [2.45, 2.75) is 25.4 Å². The molecular weight excluding hydrogens is 322 g/mol. The average Bonchev–Trinajstić information content (AvgIpc) is 3.17. The van der Waals surface area contributed by atoms with E-state index in [1.165, 1.54) is 11.1 Å². The van der Waals surface area contributed by atoms with Gasteiger partial charge in [-0.2, -0.15) is 0 Å². The second-order valence-corrected chi connectivity index (χ2v) is 7.62. The standard InChI is InChI=1S/C22H27N3O/c1-23(2)20-9-7-18(8-10-20)22(26)25-14-12-21(16-25)24-13-11-17-5-3-4-6-19(17)15-24/h3-10,21H,11-16H2,1-2H3. The fourth-order valence-corrected chi connectivity index (χ4v) is 4.14. The van der Waals surface area contributed by atoms with Gasteiger partial charge in [-0.15, -0.1) is 0 Å². The normalized spacial score (nSPS) is 20.1. The Balaban J connectivity index is 1.40. The summed E-state index contributed by atoms with van der Waals surface area (Å²) in [6.45, 7) is 3.81. The van der Waals surface area contributed by atoms with Gasteiger partial charge in [0.2, 0.25) is 0 Å². The highest BCUT2D eigenvalue weighted by atomic mass is 16.2. The van der Waals surface area contributed by atoms with E-state index in [9.17, 15) is 4.79 Å². The summed E-state index contributed by atoms with van der Waals surface area (Å²) in [4.78, 5) is 19.5. The molecule has 2 heterocycles. The van der Waals surface area contributed by atoms with Gasteiger partial charge in [0.05, 0.1) is 0 Å². The third kappa shape index (κ3) is 3.34. The van der Waals surface area contributed by atoms with Crippen LogP contribution in [0.15, 0.2) is 48.5 Å². The van der Waals surface area contributed by atoms with E-state index in [-0.39, 0.29) is 5.91 Å². The molecule has 26 heavy (non-hydrogen) atoms. The first-order valence-corrected chi connectivity index (χ1v) is 9.49. The summed E-state index contributed by atoms with van der Waals surface area (Å²) >= 11 is 0. The van der Waals surface area contributed by atoms with Crippen molar-refractivity contribution in [2.24, 2.45) is 0 Å². The maximum atomic E-state index is 12.8. The molecule has 1 fully saturated rings. The van der Waals surface area contributed by atoms with E-state index in [2.05, 4.69) is 29.2 Å². The number of anilines is 1. The quantitative estimate of drug-likeness (QED) is 0.852. The lowest BCUT2D eigenvalue weighted by Gasteiger charge is -2.33. The summed E-state index contributed by atoms with van der Waals surface area (Å²) in [5, 5.41) is 0. The molecule has 2 aliphatic rings. The number of carbonyl (C=O) groups excluding carboxylic acids is 1. The lowest BCUT2D eigenvalue weighted by atomic mass is 9.98. The highest BCUT2D eigenvalue weighted by molar-refractivity contribution is 5.94. The number of likely N-dealkylation sites (tertiary alicyclic amines) is 1. The molecule has 0 aromatic heterocycles. The van der Waals surface area contributed by atoms with Gasteiger partial charge in [0.1, 0.15) is 0 Å². The van der Waals surface area contributed by atoms with E-state index in [1.54, 1.807) is 0 Å². The van der Waals surface area contributed by atoms with Crippen molar-refractivity contribution in [1.29, 1.82) is 0 Å². The minimum Gasteiger partial charge on any atom is -0.378 e. The lowest BCUT2D eigenvalue weighted by Crippen LogP contribution is -2.41. The van der Waals surface area contributed by atoms with E-state index in [1.807, 2.05) is 48.2 Å². The number of rotatable bonds is 3. The van der Waals surface area contributed by atoms with Crippen molar-refractivity contribution >= 4 is 11.6 Å². The first-order valence-electron chi connectivity index (χ1n) is 9.49. The van der Waals surface area contributed by atoms with Crippen LogP contribution in [0.3, 0.4) is 0 Å². The topological polar surface area (TPSA) is 26.8 Å². The molecule has 0 aliphatic carbocycles. The van der Waals surface area contributed by atoms with Crippen LogP contribution in [-0.4, -0.2) is 55.5 Å². The molecule has 0 spiro atoms. The van der Waals surface area contributed by atoms with Crippen LogP contribution >= 0.6 is 0 Å². The van der Waals surface area contributed by atoms with Crippen LogP contribution in [0.25, 0.3) is 0 Å². The van der Waals surface area contributed by atoms with Gasteiger partial charge in [-0.05, 0) is 48.2 Å². The molecule has 1 atom stereocenters. The lowest BCUT2D eigenvalue weighted by molar-refractivity contribution is 0.0773. The van der Waals surface area contributed by atoms with Crippen molar-refractivity contribution in [1.82, 2.24) is 9.80 Å². The molecule has 2 aromatic carbocycles. The van der Waals surface area contributed by atoms with Crippen LogP contribution in [0.1, 0.15) is 27.9 Å². The molecule has 1 amide bonds. The highest BCUT2D eigenvalue weighted by Crippen LogP contribution is 2.25. The number of amides is 1. The summed E-state index contributed by atoms with van der Waals surface area (Å²) in [5.74, 6) is 0.162. The molecule has 2 aromatic rings. The minimum atomic E-state index is 0.162. The zero-order chi connectivity index (χ0) is 18.1. The Labute approximate surface area is 156 Å². The summed E-state index contributed by atoms with van der Waals surface area (Å²) in [7, 11) is 4.03. The number of hydrogen-bond acceptors (Lipinski definition) is 3. The van der Waals surface area contributed by atoms with Gasteiger partial charge in [-0.1, -0.05) is 24.3 Å². The van der Waals surface area contributed by atoms with Crippen LogP contribution in [0.5, 0.6) is 0 Å². The first-order chi connectivity index (χ1) is 12.6. The van der Waals surface area contributed by atoms with Gasteiger partial charge in [0.15, 0.2) is 0 Å². The second kappa shape index (κ2) is 7.12. The third-order valence-electron chi connectivity index (χ3n) is 5.76. The molecule has 1 saturated heterocycles. The largest absolute Gasteiger partial charge is 0.378 e. The Bertz CT molecular complexity index is 784. The summed E-state index contributed by atoms with van der Waals surface area (Å²) in [6, 6.07) is 17.2. The molecule has 136 valence electrons. The van der Waals surface area contributed by atoms with Crippen molar-refractivity contribution < 1.29 is 4.79 Å². The number of fused-ring (bicyclic) bond motifs is 1. The van der Waals surface area contributed by atoms with Gasteiger partial charge in [0.25, 0.3) is 5.91 Å². The Morgan fingerprint density at radius 2 is 1.73 bits per heavy atom. The van der Waals surface area contributed by atoms with E-state index in [0.717, 1.165) is 50.3 Å². The SMILES string of the molecule is CN(C)c1ccc(C(=O)N2CCC(N3CCc4ccccc4C3)C2)cc1. The number of hydrogen-bond donors (Lipinski definition) is 0. The van der Waals surface area contributed by atoms with E-state index in [0.29, 0.717) is 6.04 Å². The predicted octanol–water partition coefficient (Wildman–Crippen LogP) is 3.03. The van der Waals surface area contributed by atoms with Gasteiger partial charge < -0.3 is 9.80 Å². The van der Waals surface area contributed by atoms with Crippen LogP contribution in [0.2, 0.25) is 0 Å². The average molecular weight is 349 g/mol. The van der Waals surface area contributed by atoms with Crippen molar-refractivity contribution in [3.05, 3.63) is 65.2 Å². The van der Waals surface area contributed by atoms with Crippen molar-refractivity contribution in [3.63, 3.8) is 0 Å². The molecular formula is C22H27N3O. The molecule has 1 unspecified atom stereocenters. The first kappa shape index (κ1) is 17.1. The molecule has 0 bridgehead atoms. The van der Waals surface area contributed by atoms with Crippen LogP contribution < -0.4 is 4.90 Å². The number of carbonyl (C=O) groups is 1. The van der Waals surface area contributed by atoms with Crippen molar-refractivity contribution in [2.75, 3.05) is 38.6 Å². The maximum Gasteiger partial charge on any atom is 0.253 e. The molecule has 4 rings (SSSR count). The molecule has 2 aliphatic heterocycles. The maximum absolute atomic E-state index is 12.8. The number of nitrogens with zero attached hydrogens (tertiary/aromatic N) is 3. The van der Waals surface area contributed by atoms with Gasteiger partial charge in [0, 0.05) is 57.6 Å². The van der Waals surface area contributed by atoms with Crippen LogP contribution in [-0.2, 0) is 13.0 Å². The Hall–Kier alpha value is -2.33. The van der Waals surface area contributed by atoms with E-state index in [4.69, 9.17) is 0 Å². The van der Waals surface area contributed by atoms with Crippen LogP contribution in [0, 0.1) is 0 Å². The zero-order valence-electron chi connectivity index (χ0n) is 15.7. The molecule has 4 heteroatoms. The Kier molecular flexibility index (Phi) is 4.68. The van der Waals surface area contributed by atoms with Gasteiger partial charge in [-0.25, -0.2) is 0 Å². The molecule has 4 nitrogen and oxygen atoms in total. The fraction of sp³-hybridized carbons (Fsp3) is 0.409. The minimum absolute atomic E-state index is 0.162. The summed E-state index contributed by atoms with van der Waals surface area (Å²) < 4.78 is 0. The molecule has 0 radical (unpaired) electrons. The summed E-state index contributed by atoms with van der Waals surface area (Å²) in [6.07, 6.45) is 2.19. The number of benzene rings is 2. The molecule has 0 N–H and O–H groups in total. The Morgan fingerprint density at radius 1 is 1.00 bits per heavy atom. The van der Waals surface area contributed by atoms with Crippen molar-refractivity contribution in [3.8, 4) is 0 Å². The third-order valence-corrected chi connectivity index (χ3v) is 5.76. The van der Waals surface area contributed by atoms with Gasteiger partial charge in [-0.3, -0.25) is 9.69 Å². The zero-order valence-corrected chi connectivity index (χ0v) is 15.7. The van der Waals surface area contributed by atoms with E-state index < -0.39 is 0 Å². The monoisotopic (exact) mass is 349 g/mol. The second-order valence-electron chi connectivity index (χ2n) is 7.62. The van der Waals surface area contributed by atoms with Gasteiger partial charge >= 0.3 is 0 Å². The Morgan fingerprint density at radius 3 is 2.46 bits per heavy atom. The highest BCUT2D eigenvalue weighted by Gasteiger charge is 2.32. The summed E-state index contributed by atoms with van der Waals surface area (Å²) in [5.41, 5.74) is 4.84. The van der Waals surface area contributed by atoms with Crippen LogP contribution in [0.4, 0.5) is 5.69 Å².